The van der Waals surface area contributed by atoms with Gasteiger partial charge in [-0.2, -0.15) is 0 Å². The first kappa shape index (κ1) is 17.4. The molecular weight excluding hydrogens is 297 g/mol. The van der Waals surface area contributed by atoms with Gasteiger partial charge in [-0.15, -0.1) is 0 Å². The summed E-state index contributed by atoms with van der Waals surface area (Å²) in [5.41, 5.74) is -0.456. The fourth-order valence-electron chi connectivity index (χ4n) is 2.01. The number of carbonyl (C=O) groups is 2. The lowest BCUT2D eigenvalue weighted by atomic mass is 9.84. The normalized spacial score (nSPS) is 12.8. The minimum Gasteiger partial charge on any atom is -0.481 e. The Morgan fingerprint density at radius 3 is 2.48 bits per heavy atom. The van der Waals surface area contributed by atoms with Gasteiger partial charge in [-0.05, 0) is 24.0 Å². The van der Waals surface area contributed by atoms with Crippen LogP contribution in [0.25, 0.3) is 0 Å². The van der Waals surface area contributed by atoms with E-state index in [2.05, 4.69) is 5.32 Å². The molecule has 6 heteroatoms. The van der Waals surface area contributed by atoms with Crippen LogP contribution in [0.2, 0.25) is 5.02 Å². The molecule has 0 aliphatic heterocycles. The van der Waals surface area contributed by atoms with E-state index in [1.165, 1.54) is 12.1 Å². The molecule has 1 aromatic carbocycles. The highest BCUT2D eigenvalue weighted by molar-refractivity contribution is 6.33. The Morgan fingerprint density at radius 1 is 1.38 bits per heavy atom. The van der Waals surface area contributed by atoms with Crippen LogP contribution in [0.15, 0.2) is 18.2 Å². The second kappa shape index (κ2) is 6.89. The first-order valence-corrected chi connectivity index (χ1v) is 6.94. The molecule has 0 saturated heterocycles. The van der Waals surface area contributed by atoms with E-state index in [1.54, 1.807) is 0 Å². The number of carboxylic acid groups (broad SMARTS) is 1. The summed E-state index contributed by atoms with van der Waals surface area (Å²) in [5.74, 6) is -3.18. The Hall–Kier alpha value is -1.62. The van der Waals surface area contributed by atoms with Crippen LogP contribution in [0, 0.1) is 17.2 Å². The number of benzene rings is 1. The van der Waals surface area contributed by atoms with E-state index in [-0.39, 0.29) is 22.5 Å². The topological polar surface area (TPSA) is 66.4 Å². The first-order valence-electron chi connectivity index (χ1n) is 6.57. The molecule has 21 heavy (non-hydrogen) atoms. The Morgan fingerprint density at radius 2 is 2.00 bits per heavy atom. The number of nitrogens with one attached hydrogen (secondary N) is 1. The van der Waals surface area contributed by atoms with Crippen LogP contribution in [0.5, 0.6) is 0 Å². The SMILES string of the molecule is CC(C)(C)CC(CNC(=O)c1c(F)cccc1Cl)C(=O)O. The highest BCUT2D eigenvalue weighted by Crippen LogP contribution is 2.24. The Bertz CT molecular complexity index is 520. The molecule has 1 unspecified atom stereocenters. The molecule has 0 saturated carbocycles. The lowest BCUT2D eigenvalue weighted by Gasteiger charge is -2.23. The fraction of sp³-hybridized carbons (Fsp3) is 0.467. The average molecular weight is 316 g/mol. The molecule has 0 radical (unpaired) electrons. The zero-order valence-electron chi connectivity index (χ0n) is 12.2. The summed E-state index contributed by atoms with van der Waals surface area (Å²) in [4.78, 5) is 23.2. The van der Waals surface area contributed by atoms with E-state index in [1.807, 2.05) is 20.8 Å². The van der Waals surface area contributed by atoms with E-state index in [0.29, 0.717) is 6.42 Å². The van der Waals surface area contributed by atoms with Crippen molar-refractivity contribution in [2.45, 2.75) is 27.2 Å². The number of halogens is 2. The molecular formula is C15H19ClFNO3. The molecule has 0 bridgehead atoms. The van der Waals surface area contributed by atoms with Crippen molar-refractivity contribution in [1.82, 2.24) is 5.32 Å². The molecule has 2 N–H and O–H groups in total. The minimum absolute atomic E-state index is 0.00445. The average Bonchev–Trinajstić information content (AvgIpc) is 2.32. The second-order valence-corrected chi connectivity index (χ2v) is 6.51. The molecule has 0 aromatic heterocycles. The number of carbonyl (C=O) groups excluding carboxylic acids is 1. The van der Waals surface area contributed by atoms with Crippen molar-refractivity contribution in [3.05, 3.63) is 34.6 Å². The smallest absolute Gasteiger partial charge is 0.308 e. The zero-order valence-corrected chi connectivity index (χ0v) is 13.0. The number of hydrogen-bond acceptors (Lipinski definition) is 2. The Labute approximate surface area is 128 Å². The van der Waals surface area contributed by atoms with Gasteiger partial charge in [-0.1, -0.05) is 38.4 Å². The van der Waals surface area contributed by atoms with E-state index in [0.717, 1.165) is 6.07 Å². The van der Waals surface area contributed by atoms with Crippen LogP contribution >= 0.6 is 11.6 Å². The van der Waals surface area contributed by atoms with E-state index < -0.39 is 23.6 Å². The minimum atomic E-state index is -0.996. The summed E-state index contributed by atoms with van der Waals surface area (Å²) in [5, 5.41) is 11.6. The van der Waals surface area contributed by atoms with Crippen LogP contribution < -0.4 is 5.32 Å². The van der Waals surface area contributed by atoms with Crippen LogP contribution in [0.1, 0.15) is 37.6 Å². The van der Waals surface area contributed by atoms with Gasteiger partial charge in [0.1, 0.15) is 5.82 Å². The summed E-state index contributed by atoms with van der Waals surface area (Å²) in [6, 6.07) is 3.93. The molecule has 1 amide bonds. The first-order chi connectivity index (χ1) is 9.61. The summed E-state index contributed by atoms with van der Waals surface area (Å²) >= 11 is 5.79. The lowest BCUT2D eigenvalue weighted by molar-refractivity contribution is -0.142. The van der Waals surface area contributed by atoms with Crippen molar-refractivity contribution >= 4 is 23.5 Å². The Balaban J connectivity index is 2.77. The number of carboxylic acids is 1. The van der Waals surface area contributed by atoms with Crippen molar-refractivity contribution in [2.24, 2.45) is 11.3 Å². The summed E-state index contributed by atoms with van der Waals surface area (Å²) in [6.45, 7) is 5.67. The molecule has 0 fully saturated rings. The predicted octanol–water partition coefficient (Wildman–Crippen LogP) is 3.35. The molecule has 0 aliphatic carbocycles. The molecule has 1 rings (SSSR count). The fourth-order valence-corrected chi connectivity index (χ4v) is 2.25. The van der Waals surface area contributed by atoms with Crippen molar-refractivity contribution in [2.75, 3.05) is 6.54 Å². The molecule has 0 aliphatic rings. The molecule has 0 heterocycles. The van der Waals surface area contributed by atoms with E-state index >= 15 is 0 Å². The van der Waals surface area contributed by atoms with Gasteiger partial charge in [0.25, 0.3) is 5.91 Å². The summed E-state index contributed by atoms with van der Waals surface area (Å²) in [6.07, 6.45) is 0.396. The highest BCUT2D eigenvalue weighted by Gasteiger charge is 2.26. The standard InChI is InChI=1S/C15H19ClFNO3/c1-15(2,3)7-9(14(20)21)8-18-13(19)12-10(16)5-4-6-11(12)17/h4-6,9H,7-8H2,1-3H3,(H,18,19)(H,20,21). The van der Waals surface area contributed by atoms with Gasteiger partial charge in [0, 0.05) is 6.54 Å². The number of aliphatic carboxylic acids is 1. The van der Waals surface area contributed by atoms with Gasteiger partial charge in [0.05, 0.1) is 16.5 Å². The second-order valence-electron chi connectivity index (χ2n) is 6.11. The summed E-state index contributed by atoms with van der Waals surface area (Å²) in [7, 11) is 0. The quantitative estimate of drug-likeness (QED) is 0.875. The van der Waals surface area contributed by atoms with Crippen LogP contribution in [0.4, 0.5) is 4.39 Å². The van der Waals surface area contributed by atoms with Gasteiger partial charge in [0.2, 0.25) is 0 Å². The third kappa shape index (κ3) is 5.34. The van der Waals surface area contributed by atoms with E-state index in [4.69, 9.17) is 11.6 Å². The lowest BCUT2D eigenvalue weighted by Crippen LogP contribution is -2.35. The predicted molar refractivity (Wildman–Crippen MR) is 78.9 cm³/mol. The largest absolute Gasteiger partial charge is 0.481 e. The molecule has 1 aromatic rings. The van der Waals surface area contributed by atoms with Crippen molar-refractivity contribution in [3.8, 4) is 0 Å². The van der Waals surface area contributed by atoms with Gasteiger partial charge >= 0.3 is 5.97 Å². The number of amides is 1. The summed E-state index contributed by atoms with van der Waals surface area (Å²) < 4.78 is 13.6. The van der Waals surface area contributed by atoms with Gasteiger partial charge < -0.3 is 10.4 Å². The van der Waals surface area contributed by atoms with Crippen LogP contribution in [0.3, 0.4) is 0 Å². The maximum absolute atomic E-state index is 13.6. The van der Waals surface area contributed by atoms with Crippen molar-refractivity contribution < 1.29 is 19.1 Å². The number of hydrogen-bond donors (Lipinski definition) is 2. The van der Waals surface area contributed by atoms with Crippen molar-refractivity contribution in [1.29, 1.82) is 0 Å². The van der Waals surface area contributed by atoms with Gasteiger partial charge in [-0.3, -0.25) is 9.59 Å². The van der Waals surface area contributed by atoms with Gasteiger partial charge in [-0.25, -0.2) is 4.39 Å². The van der Waals surface area contributed by atoms with Gasteiger partial charge in [0.15, 0.2) is 0 Å². The van der Waals surface area contributed by atoms with Crippen molar-refractivity contribution in [3.63, 3.8) is 0 Å². The highest BCUT2D eigenvalue weighted by atomic mass is 35.5. The maximum Gasteiger partial charge on any atom is 0.308 e. The third-order valence-electron chi connectivity index (χ3n) is 2.91. The van der Waals surface area contributed by atoms with E-state index in [9.17, 15) is 19.1 Å². The van der Waals surface area contributed by atoms with Crippen LogP contribution in [-0.4, -0.2) is 23.5 Å². The third-order valence-corrected chi connectivity index (χ3v) is 3.22. The Kier molecular flexibility index (Phi) is 5.72. The molecule has 0 spiro atoms. The monoisotopic (exact) mass is 315 g/mol. The molecule has 116 valence electrons. The number of rotatable bonds is 5. The maximum atomic E-state index is 13.6. The van der Waals surface area contributed by atoms with Crippen LogP contribution in [-0.2, 0) is 4.79 Å². The zero-order chi connectivity index (χ0) is 16.2. The molecule has 4 nitrogen and oxygen atoms in total. The molecule has 1 atom stereocenters.